The first-order valence-electron chi connectivity index (χ1n) is 10.7. The second-order valence-electron chi connectivity index (χ2n) is 8.60. The van der Waals surface area contributed by atoms with Gasteiger partial charge in [0.1, 0.15) is 12.4 Å². The maximum Gasteiger partial charge on any atom is 0.248 e. The van der Waals surface area contributed by atoms with E-state index >= 15 is 0 Å². The molecular weight excluding hydrogens is 364 g/mol. The summed E-state index contributed by atoms with van der Waals surface area (Å²) in [5.74, 6) is 1.93. The number of likely N-dealkylation sites (tertiary alicyclic amines) is 1. The number of nitrogens with zero attached hydrogens (tertiary/aromatic N) is 3. The summed E-state index contributed by atoms with van der Waals surface area (Å²) in [6.45, 7) is 1.72. The molecule has 152 valence electrons. The zero-order valence-electron chi connectivity index (χ0n) is 17.0. The third kappa shape index (κ3) is 3.50. The molecule has 1 aromatic heterocycles. The van der Waals surface area contributed by atoms with Crippen molar-refractivity contribution in [2.24, 2.45) is 0 Å². The monoisotopic (exact) mass is 392 g/mol. The van der Waals surface area contributed by atoms with E-state index < -0.39 is 0 Å². The van der Waals surface area contributed by atoms with E-state index in [4.69, 9.17) is 14.7 Å². The number of anilines is 1. The molecule has 1 aliphatic heterocycles. The maximum absolute atomic E-state index is 12.2. The van der Waals surface area contributed by atoms with Gasteiger partial charge in [0, 0.05) is 42.8 Å². The van der Waals surface area contributed by atoms with Gasteiger partial charge in [0.2, 0.25) is 5.91 Å². The number of methoxy groups -OCH3 is 1. The number of fused-ring (bicyclic) bond motifs is 2. The van der Waals surface area contributed by atoms with Crippen molar-refractivity contribution < 1.29 is 9.53 Å². The van der Waals surface area contributed by atoms with Crippen LogP contribution in [-0.4, -0.2) is 53.6 Å². The van der Waals surface area contributed by atoms with Crippen molar-refractivity contribution in [2.75, 3.05) is 32.1 Å². The molecule has 6 nitrogen and oxygen atoms in total. The topological polar surface area (TPSA) is 67.3 Å². The van der Waals surface area contributed by atoms with Crippen molar-refractivity contribution in [2.45, 2.75) is 50.0 Å². The summed E-state index contributed by atoms with van der Waals surface area (Å²) in [6.07, 6.45) is 6.49. The standard InChI is InChI=1S/C23H28N4O2/c1-29-15-19(28)27-13-11-23(12-14-27)10-9-18-20(23)25-21(16-5-3-2-4-6-16)26-22(18)24-17-7-8-17/h2-6,17H,7-15H2,1H3,(H,24,25,26). The lowest BCUT2D eigenvalue weighted by atomic mass is 9.76. The number of carbonyl (C=O) groups excluding carboxylic acids is 1. The first-order valence-corrected chi connectivity index (χ1v) is 10.7. The van der Waals surface area contributed by atoms with Crippen LogP contribution in [0, 0.1) is 0 Å². The molecule has 2 aromatic rings. The number of carbonyl (C=O) groups is 1. The van der Waals surface area contributed by atoms with Crippen LogP contribution in [0.25, 0.3) is 11.4 Å². The fourth-order valence-corrected chi connectivity index (χ4v) is 4.78. The van der Waals surface area contributed by atoms with Crippen LogP contribution in [0.4, 0.5) is 5.82 Å². The summed E-state index contributed by atoms with van der Waals surface area (Å²) >= 11 is 0. The van der Waals surface area contributed by atoms with Gasteiger partial charge in [0.05, 0.1) is 5.69 Å². The normalized spacial score (nSPS) is 20.0. The first-order chi connectivity index (χ1) is 14.2. The fraction of sp³-hybridized carbons (Fsp3) is 0.522. The molecule has 6 heteroatoms. The van der Waals surface area contributed by atoms with Crippen LogP contribution in [0.1, 0.15) is 43.4 Å². The lowest BCUT2D eigenvalue weighted by molar-refractivity contribution is -0.136. The third-order valence-corrected chi connectivity index (χ3v) is 6.65. The van der Waals surface area contributed by atoms with E-state index in [-0.39, 0.29) is 17.9 Å². The Labute approximate surface area is 171 Å². The minimum absolute atomic E-state index is 0.0611. The molecule has 2 heterocycles. The van der Waals surface area contributed by atoms with Gasteiger partial charge in [-0.3, -0.25) is 4.79 Å². The quantitative estimate of drug-likeness (QED) is 0.847. The molecule has 2 fully saturated rings. The van der Waals surface area contributed by atoms with Crippen LogP contribution in [0.15, 0.2) is 30.3 Å². The van der Waals surface area contributed by atoms with Gasteiger partial charge in [-0.2, -0.15) is 0 Å². The molecular formula is C23H28N4O2. The summed E-state index contributed by atoms with van der Waals surface area (Å²) in [5, 5.41) is 3.66. The van der Waals surface area contributed by atoms with Crippen LogP contribution < -0.4 is 5.32 Å². The highest BCUT2D eigenvalue weighted by atomic mass is 16.5. The van der Waals surface area contributed by atoms with Crippen LogP contribution in [0.5, 0.6) is 0 Å². The SMILES string of the molecule is COCC(=O)N1CCC2(CCc3c(NC4CC4)nc(-c4ccccc4)nc32)CC1. The highest BCUT2D eigenvalue weighted by Crippen LogP contribution is 2.48. The third-order valence-electron chi connectivity index (χ3n) is 6.65. The maximum atomic E-state index is 12.2. The van der Waals surface area contributed by atoms with E-state index in [0.29, 0.717) is 6.04 Å². The summed E-state index contributed by atoms with van der Waals surface area (Å²) in [6, 6.07) is 10.8. The summed E-state index contributed by atoms with van der Waals surface area (Å²) in [7, 11) is 1.58. The number of rotatable bonds is 5. The molecule has 1 amide bonds. The average molecular weight is 393 g/mol. The van der Waals surface area contributed by atoms with Gasteiger partial charge >= 0.3 is 0 Å². The van der Waals surface area contributed by atoms with Crippen LogP contribution >= 0.6 is 0 Å². The number of ether oxygens (including phenoxy) is 1. The van der Waals surface area contributed by atoms with Crippen molar-refractivity contribution in [3.8, 4) is 11.4 Å². The molecule has 0 atom stereocenters. The number of nitrogens with one attached hydrogen (secondary N) is 1. The molecule has 0 unspecified atom stereocenters. The van der Waals surface area contributed by atoms with Crippen LogP contribution in [0.3, 0.4) is 0 Å². The lowest BCUT2D eigenvalue weighted by Crippen LogP contribution is -2.45. The molecule has 0 radical (unpaired) electrons. The lowest BCUT2D eigenvalue weighted by Gasteiger charge is -2.39. The molecule has 2 aliphatic carbocycles. The largest absolute Gasteiger partial charge is 0.375 e. The number of benzene rings is 1. The van der Waals surface area contributed by atoms with E-state index in [1.807, 2.05) is 23.1 Å². The molecule has 0 bridgehead atoms. The zero-order chi connectivity index (χ0) is 19.8. The minimum Gasteiger partial charge on any atom is -0.375 e. The Balaban J connectivity index is 1.48. The summed E-state index contributed by atoms with van der Waals surface area (Å²) < 4.78 is 5.03. The van der Waals surface area contributed by atoms with Gasteiger partial charge in [-0.15, -0.1) is 0 Å². The zero-order valence-corrected chi connectivity index (χ0v) is 17.0. The van der Waals surface area contributed by atoms with E-state index in [2.05, 4.69) is 17.4 Å². The van der Waals surface area contributed by atoms with E-state index in [0.717, 1.165) is 56.0 Å². The van der Waals surface area contributed by atoms with Crippen molar-refractivity contribution >= 4 is 11.7 Å². The number of amides is 1. The van der Waals surface area contributed by atoms with Crippen molar-refractivity contribution in [3.63, 3.8) is 0 Å². The Morgan fingerprint density at radius 3 is 2.62 bits per heavy atom. The summed E-state index contributed by atoms with van der Waals surface area (Å²) in [4.78, 5) is 24.2. The summed E-state index contributed by atoms with van der Waals surface area (Å²) in [5.41, 5.74) is 3.64. The predicted octanol–water partition coefficient (Wildman–Crippen LogP) is 3.17. The Morgan fingerprint density at radius 2 is 1.93 bits per heavy atom. The van der Waals surface area contributed by atoms with Gasteiger partial charge in [-0.05, 0) is 38.5 Å². The molecule has 1 saturated heterocycles. The smallest absolute Gasteiger partial charge is 0.248 e. The number of hydrogen-bond donors (Lipinski definition) is 1. The molecule has 3 aliphatic rings. The van der Waals surface area contributed by atoms with Crippen LogP contribution in [-0.2, 0) is 21.4 Å². The highest BCUT2D eigenvalue weighted by Gasteiger charge is 2.45. The number of hydrogen-bond acceptors (Lipinski definition) is 5. The Bertz CT molecular complexity index is 903. The predicted molar refractivity (Wildman–Crippen MR) is 112 cm³/mol. The van der Waals surface area contributed by atoms with Gasteiger partial charge in [-0.25, -0.2) is 9.97 Å². The van der Waals surface area contributed by atoms with Gasteiger partial charge < -0.3 is 15.0 Å². The van der Waals surface area contributed by atoms with E-state index in [9.17, 15) is 4.79 Å². The Hall–Kier alpha value is -2.47. The Kier molecular flexibility index (Phi) is 4.74. The highest BCUT2D eigenvalue weighted by molar-refractivity contribution is 5.77. The molecule has 1 aromatic carbocycles. The molecule has 1 spiro atoms. The molecule has 5 rings (SSSR count). The van der Waals surface area contributed by atoms with Crippen molar-refractivity contribution in [1.82, 2.24) is 14.9 Å². The first kappa shape index (κ1) is 18.6. The van der Waals surface area contributed by atoms with Crippen LogP contribution in [0.2, 0.25) is 0 Å². The average Bonchev–Trinajstić information content (AvgIpc) is 3.51. The van der Waals surface area contributed by atoms with E-state index in [1.54, 1.807) is 7.11 Å². The Morgan fingerprint density at radius 1 is 1.17 bits per heavy atom. The van der Waals surface area contributed by atoms with Gasteiger partial charge in [0.15, 0.2) is 5.82 Å². The molecule has 29 heavy (non-hydrogen) atoms. The van der Waals surface area contributed by atoms with Crippen molar-refractivity contribution in [1.29, 1.82) is 0 Å². The second kappa shape index (κ2) is 7.41. The number of piperidine rings is 1. The minimum atomic E-state index is 0.0611. The fourth-order valence-electron chi connectivity index (χ4n) is 4.78. The van der Waals surface area contributed by atoms with E-state index in [1.165, 1.54) is 24.1 Å². The van der Waals surface area contributed by atoms with Gasteiger partial charge in [0.25, 0.3) is 0 Å². The number of aromatic nitrogens is 2. The molecule has 1 saturated carbocycles. The molecule has 1 N–H and O–H groups in total. The van der Waals surface area contributed by atoms with Crippen molar-refractivity contribution in [3.05, 3.63) is 41.6 Å². The second-order valence-corrected chi connectivity index (χ2v) is 8.60. The van der Waals surface area contributed by atoms with Gasteiger partial charge in [-0.1, -0.05) is 30.3 Å².